The Bertz CT molecular complexity index is 2590. The second-order valence-electron chi connectivity index (χ2n) is 16.3. The zero-order valence-electron chi connectivity index (χ0n) is 38.9. The summed E-state index contributed by atoms with van der Waals surface area (Å²) in [5, 5.41) is 0. The molecule has 0 N–H and O–H groups in total. The zero-order valence-corrected chi connectivity index (χ0v) is 40.5. The monoisotopic (exact) mass is 994 g/mol. The number of carbonyl (C=O) groups excluding carboxylic acids is 4. The van der Waals surface area contributed by atoms with E-state index >= 15 is 0 Å². The van der Waals surface area contributed by atoms with E-state index in [9.17, 15) is 19.2 Å². The highest BCUT2D eigenvalue weighted by Gasteiger charge is 2.49. The van der Waals surface area contributed by atoms with Crippen molar-refractivity contribution in [3.8, 4) is 23.0 Å². The number of fused-ring (bicyclic) bond motifs is 10. The zero-order chi connectivity index (χ0) is 48.8. The van der Waals surface area contributed by atoms with Crippen LogP contribution in [0.1, 0.15) is 72.2 Å². The molecule has 0 fully saturated rings. The number of esters is 4. The van der Waals surface area contributed by atoms with Gasteiger partial charge in [0, 0.05) is 59.7 Å². The van der Waals surface area contributed by atoms with Crippen molar-refractivity contribution < 1.29 is 76.0 Å². The fourth-order valence-corrected chi connectivity index (χ4v) is 11.0. The first-order chi connectivity index (χ1) is 34.0. The van der Waals surface area contributed by atoms with Crippen LogP contribution in [0, 0.1) is 0 Å². The van der Waals surface area contributed by atoms with Gasteiger partial charge in [-0.25, -0.2) is 0 Å². The molecule has 0 amide bonds. The number of carbonyl (C=O) groups is 4. The van der Waals surface area contributed by atoms with Gasteiger partial charge in [0.2, 0.25) is 11.6 Å². The molecular formula is C52H50O16S2. The quantitative estimate of drug-likeness (QED) is 0.0523. The van der Waals surface area contributed by atoms with Crippen LogP contribution in [-0.2, 0) is 95.1 Å². The number of hydrogen-bond donors (Lipinski definition) is 0. The van der Waals surface area contributed by atoms with Crippen molar-refractivity contribution >= 4 is 47.4 Å². The smallest absolute Gasteiger partial charge is 0.302 e. The Morgan fingerprint density at radius 3 is 1.10 bits per heavy atom. The Balaban J connectivity index is 1.02. The van der Waals surface area contributed by atoms with Crippen molar-refractivity contribution in [2.24, 2.45) is 0 Å². The van der Waals surface area contributed by atoms with Crippen LogP contribution in [0.3, 0.4) is 0 Å². The summed E-state index contributed by atoms with van der Waals surface area (Å²) in [6.45, 7) is 6.40. The second-order valence-corrected chi connectivity index (χ2v) is 18.4. The molecule has 0 saturated heterocycles. The molecule has 0 radical (unpaired) electrons. The van der Waals surface area contributed by atoms with Gasteiger partial charge in [-0.15, -0.1) is 0 Å². The van der Waals surface area contributed by atoms with E-state index in [4.69, 9.17) is 56.8 Å². The maximum Gasteiger partial charge on any atom is 0.302 e. The van der Waals surface area contributed by atoms with E-state index in [1.807, 2.05) is 60.7 Å². The molecule has 18 heteroatoms. The van der Waals surface area contributed by atoms with Gasteiger partial charge in [0.1, 0.15) is 52.9 Å². The van der Waals surface area contributed by atoms with Crippen molar-refractivity contribution in [2.45, 2.75) is 85.3 Å². The van der Waals surface area contributed by atoms with Crippen LogP contribution in [0.5, 0.6) is 23.0 Å². The molecule has 366 valence electrons. The summed E-state index contributed by atoms with van der Waals surface area (Å²) < 4.78 is 73.6. The van der Waals surface area contributed by atoms with Crippen LogP contribution in [0.4, 0.5) is 0 Å². The molecule has 0 saturated carbocycles. The number of ether oxygens (including phenoxy) is 12. The molecule has 0 atom stereocenters. The third kappa shape index (κ3) is 10.2. The Morgan fingerprint density at radius 1 is 0.429 bits per heavy atom. The topological polar surface area (TPSA) is 179 Å². The fourth-order valence-electron chi connectivity index (χ4n) is 8.56. The summed E-state index contributed by atoms with van der Waals surface area (Å²) in [5.74, 6) is -2.81. The van der Waals surface area contributed by atoms with Gasteiger partial charge in [0.25, 0.3) is 0 Å². The highest BCUT2D eigenvalue weighted by atomic mass is 32.2. The predicted octanol–water partition coefficient (Wildman–Crippen LogP) is 8.28. The van der Waals surface area contributed by atoms with Gasteiger partial charge >= 0.3 is 23.9 Å². The van der Waals surface area contributed by atoms with Crippen molar-refractivity contribution in [3.63, 3.8) is 0 Å². The van der Waals surface area contributed by atoms with Crippen LogP contribution in [0.25, 0.3) is 0 Å². The molecule has 4 aliphatic rings. The lowest BCUT2D eigenvalue weighted by Gasteiger charge is -2.39. The fraction of sp³-hybridized carbons (Fsp3) is 0.346. The molecule has 0 aliphatic carbocycles. The molecule has 0 bridgehead atoms. The maximum absolute atomic E-state index is 11.6. The number of rotatable bonds is 16. The summed E-state index contributed by atoms with van der Waals surface area (Å²) in [5.41, 5.74) is 6.70. The van der Waals surface area contributed by atoms with Gasteiger partial charge in [-0.2, -0.15) is 0 Å². The molecule has 4 aliphatic heterocycles. The maximum atomic E-state index is 11.6. The van der Waals surface area contributed by atoms with E-state index in [1.54, 1.807) is 12.1 Å². The van der Waals surface area contributed by atoms with Gasteiger partial charge < -0.3 is 56.8 Å². The highest BCUT2D eigenvalue weighted by Crippen LogP contribution is 2.58. The van der Waals surface area contributed by atoms with E-state index in [1.165, 1.54) is 51.2 Å². The average Bonchev–Trinajstić information content (AvgIpc) is 3.64. The molecule has 70 heavy (non-hydrogen) atoms. The average molecular weight is 995 g/mol. The molecule has 5 aromatic rings. The Morgan fingerprint density at radius 2 is 0.757 bits per heavy atom. The number of hydrogen-bond acceptors (Lipinski definition) is 18. The molecule has 5 aromatic carbocycles. The van der Waals surface area contributed by atoms with Crippen LogP contribution < -0.4 is 18.9 Å². The lowest BCUT2D eigenvalue weighted by atomic mass is 9.95. The summed E-state index contributed by atoms with van der Waals surface area (Å²) in [7, 11) is 0. The summed E-state index contributed by atoms with van der Waals surface area (Å²) in [4.78, 5) is 49.3. The molecular weight excluding hydrogens is 945 g/mol. The minimum Gasteiger partial charge on any atom is -0.486 e. The molecule has 4 heterocycles. The van der Waals surface area contributed by atoms with Crippen LogP contribution in [0.15, 0.2) is 105 Å². The first-order valence-electron chi connectivity index (χ1n) is 22.6. The first-order valence-corrected chi connectivity index (χ1v) is 24.2. The minimum absolute atomic E-state index is 0.0162. The molecule has 2 spiro atoms. The van der Waals surface area contributed by atoms with Crippen molar-refractivity contribution in [3.05, 3.63) is 129 Å². The Kier molecular flexibility index (Phi) is 14.9. The lowest BCUT2D eigenvalue weighted by molar-refractivity contribution is -0.229. The van der Waals surface area contributed by atoms with Crippen LogP contribution >= 0.6 is 23.5 Å². The summed E-state index contributed by atoms with van der Waals surface area (Å²) >= 11 is 2.97. The predicted molar refractivity (Wildman–Crippen MR) is 250 cm³/mol. The van der Waals surface area contributed by atoms with Gasteiger partial charge in [0.05, 0.1) is 36.2 Å². The van der Waals surface area contributed by atoms with Gasteiger partial charge in [-0.3, -0.25) is 19.2 Å². The highest BCUT2D eigenvalue weighted by molar-refractivity contribution is 8.00. The van der Waals surface area contributed by atoms with Crippen molar-refractivity contribution in [1.29, 1.82) is 0 Å². The largest absolute Gasteiger partial charge is 0.486 e. The van der Waals surface area contributed by atoms with Crippen molar-refractivity contribution in [2.75, 3.05) is 52.9 Å². The van der Waals surface area contributed by atoms with Gasteiger partial charge in [-0.1, -0.05) is 72.1 Å². The van der Waals surface area contributed by atoms with E-state index in [0.29, 0.717) is 43.9 Å². The SMILES string of the molecule is CC(=O)OCCOc1ccc2c(c1OCCOC(C)=O)Sc1ccccc1C21OCc2cc3c(cc2CO1)COC1(OC3)c2ccccc2Sc2c1ccc(OCCOC(C)=O)c2OCCOC(C)=O. The summed E-state index contributed by atoms with van der Waals surface area (Å²) in [6, 6.07) is 27.3. The molecule has 0 unspecified atom stereocenters. The first kappa shape index (κ1) is 48.7. The Labute approximate surface area is 412 Å². The van der Waals surface area contributed by atoms with E-state index in [2.05, 4.69) is 12.1 Å². The molecule has 0 aromatic heterocycles. The van der Waals surface area contributed by atoms with E-state index in [-0.39, 0.29) is 79.3 Å². The molecule has 16 nitrogen and oxygen atoms in total. The molecule has 9 rings (SSSR count). The third-order valence-electron chi connectivity index (χ3n) is 11.6. The standard InChI is InChI=1S/C52H50O16S2/c1-31(53)57-17-21-61-43-15-13-41-49(47(43)63-23-19-59-33(3)55)69-45-11-7-5-9-39(45)51(41)65-27-35-25-37-29-67-52(68-30-38(37)26-36(35)28-66-51)40-10-6-8-12-46(40)70-50-42(52)14-16-44(62-22-18-58-32(2)54)48(50)64-24-20-60-34(4)56/h5-16,25-26H,17-24,27-30H2,1-4H3. The Hall–Kier alpha value is -6.28. The normalized spacial score (nSPS) is 15.5. The van der Waals surface area contributed by atoms with Crippen LogP contribution in [-0.4, -0.2) is 76.7 Å². The van der Waals surface area contributed by atoms with E-state index in [0.717, 1.165) is 43.2 Å². The van der Waals surface area contributed by atoms with E-state index < -0.39 is 35.5 Å². The van der Waals surface area contributed by atoms with Gasteiger partial charge in [-0.05, 0) is 58.7 Å². The van der Waals surface area contributed by atoms with Gasteiger partial charge in [0.15, 0.2) is 23.0 Å². The van der Waals surface area contributed by atoms with Crippen LogP contribution in [0.2, 0.25) is 0 Å². The van der Waals surface area contributed by atoms with Crippen molar-refractivity contribution in [1.82, 2.24) is 0 Å². The minimum atomic E-state index is -1.37. The summed E-state index contributed by atoms with van der Waals surface area (Å²) in [6.07, 6.45) is 0. The second kappa shape index (κ2) is 21.4. The number of benzene rings is 5. The third-order valence-corrected chi connectivity index (χ3v) is 13.9. The lowest BCUT2D eigenvalue weighted by Crippen LogP contribution is -2.36.